The first kappa shape index (κ1) is 4.49. The Balaban J connectivity index is 2.79. The van der Waals surface area contributed by atoms with Crippen LogP contribution in [0.5, 0.6) is 5.88 Å². The van der Waals surface area contributed by atoms with Crippen molar-refractivity contribution in [1.82, 2.24) is 5.16 Å². The molecule has 3 heteroatoms. The molecule has 0 amide bonds. The molecule has 1 aliphatic carbocycles. The summed E-state index contributed by atoms with van der Waals surface area (Å²) in [5.41, 5.74) is 0.731. The van der Waals surface area contributed by atoms with Crippen molar-refractivity contribution < 1.29 is 9.63 Å². The summed E-state index contributed by atoms with van der Waals surface area (Å²) in [6.07, 6.45) is 0. The summed E-state index contributed by atoms with van der Waals surface area (Å²) >= 11 is 0. The van der Waals surface area contributed by atoms with Gasteiger partial charge in [0, 0.05) is 0 Å². The molecule has 0 atom stereocenters. The van der Waals surface area contributed by atoms with E-state index in [2.05, 4.69) is 5.16 Å². The molecular weight excluding hydrogens is 118 g/mol. The van der Waals surface area contributed by atoms with Crippen LogP contribution in [0.2, 0.25) is 0 Å². The summed E-state index contributed by atoms with van der Waals surface area (Å²) in [6, 6.07) is 5.39. The molecule has 0 saturated heterocycles. The quantitative estimate of drug-likeness (QED) is 0.556. The lowest BCUT2D eigenvalue weighted by Gasteiger charge is -1.78. The van der Waals surface area contributed by atoms with Gasteiger partial charge >= 0.3 is 0 Å². The summed E-state index contributed by atoms with van der Waals surface area (Å²) in [7, 11) is 0. The van der Waals surface area contributed by atoms with Gasteiger partial charge in [-0.3, -0.25) is 0 Å². The zero-order chi connectivity index (χ0) is 6.27. The lowest BCUT2D eigenvalue weighted by Crippen LogP contribution is -1.59. The Bertz CT molecular complexity index is 283. The van der Waals surface area contributed by atoms with Gasteiger partial charge < -0.3 is 9.63 Å². The summed E-state index contributed by atoms with van der Waals surface area (Å²) < 4.78 is 4.81. The number of hydrogen-bond acceptors (Lipinski definition) is 2. The number of fused-ring (bicyclic) bond motifs is 1. The molecule has 1 heterocycles. The normalized spacial score (nSPS) is 10.7. The molecular formula is C6H5NO2. The van der Waals surface area contributed by atoms with Crippen molar-refractivity contribution in [3.05, 3.63) is 18.2 Å². The van der Waals surface area contributed by atoms with Gasteiger partial charge in [-0.1, -0.05) is 6.07 Å². The number of H-pyrrole nitrogens is 1. The highest BCUT2D eigenvalue weighted by Crippen LogP contribution is 2.30. The third kappa shape index (κ3) is 0.455. The van der Waals surface area contributed by atoms with Crippen LogP contribution >= 0.6 is 0 Å². The van der Waals surface area contributed by atoms with E-state index in [1.54, 1.807) is 12.1 Å². The Morgan fingerprint density at radius 3 is 3.11 bits per heavy atom. The van der Waals surface area contributed by atoms with E-state index in [0.29, 0.717) is 5.76 Å². The van der Waals surface area contributed by atoms with Crippen LogP contribution in [-0.4, -0.2) is 10.3 Å². The maximum absolute atomic E-state index is 8.95. The maximum atomic E-state index is 8.95. The van der Waals surface area contributed by atoms with Crippen LogP contribution in [0.25, 0.3) is 11.3 Å². The fourth-order valence-electron chi connectivity index (χ4n) is 0.847. The lowest BCUT2D eigenvalue weighted by atomic mass is 10.3. The minimum atomic E-state index is 0.0926. The molecule has 0 saturated carbocycles. The van der Waals surface area contributed by atoms with E-state index in [-0.39, 0.29) is 5.88 Å². The molecule has 1 aliphatic heterocycles. The van der Waals surface area contributed by atoms with Gasteiger partial charge in [0.1, 0.15) is 0 Å². The Labute approximate surface area is 51.2 Å². The molecule has 0 radical (unpaired) electrons. The molecule has 9 heavy (non-hydrogen) atoms. The van der Waals surface area contributed by atoms with Crippen LogP contribution in [0.3, 0.4) is 0 Å². The van der Waals surface area contributed by atoms with Gasteiger partial charge in [0.05, 0.1) is 5.56 Å². The molecule has 3 nitrogen and oxygen atoms in total. The highest BCUT2D eigenvalue weighted by molar-refractivity contribution is 5.65. The lowest BCUT2D eigenvalue weighted by molar-refractivity contribution is 0.369. The molecule has 0 aromatic heterocycles. The predicted octanol–water partition coefficient (Wildman–Crippen LogP) is 1.42. The molecule has 2 aliphatic rings. The minimum absolute atomic E-state index is 0.0926. The predicted molar refractivity (Wildman–Crippen MR) is 31.3 cm³/mol. The maximum Gasteiger partial charge on any atom is 0.229 e. The van der Waals surface area contributed by atoms with Gasteiger partial charge in [-0.25, -0.2) is 0 Å². The molecule has 0 fully saturated rings. The zero-order valence-corrected chi connectivity index (χ0v) is 4.59. The van der Waals surface area contributed by atoms with Crippen LogP contribution in [0.1, 0.15) is 0 Å². The standard InChI is InChI=1S/C6H5NO2/c8-6-4-2-1-3-5(4)9-7-6/h1-3,7-8H. The van der Waals surface area contributed by atoms with E-state index in [1.807, 2.05) is 6.07 Å². The smallest absolute Gasteiger partial charge is 0.229 e. The van der Waals surface area contributed by atoms with Crippen molar-refractivity contribution >= 4 is 0 Å². The Hall–Kier alpha value is -1.38. The van der Waals surface area contributed by atoms with Gasteiger partial charge in [0.15, 0.2) is 5.76 Å². The molecule has 0 unspecified atom stereocenters. The first-order valence-corrected chi connectivity index (χ1v) is 2.63. The van der Waals surface area contributed by atoms with Crippen molar-refractivity contribution in [2.45, 2.75) is 0 Å². The average molecular weight is 123 g/mol. The Morgan fingerprint density at radius 2 is 2.33 bits per heavy atom. The summed E-state index contributed by atoms with van der Waals surface area (Å²) in [6.45, 7) is 0. The van der Waals surface area contributed by atoms with Crippen LogP contribution in [-0.2, 0) is 0 Å². The van der Waals surface area contributed by atoms with Crippen LogP contribution in [0, 0.1) is 0 Å². The topological polar surface area (TPSA) is 49.2 Å². The van der Waals surface area contributed by atoms with Gasteiger partial charge in [0.2, 0.25) is 5.88 Å². The van der Waals surface area contributed by atoms with Gasteiger partial charge in [0.25, 0.3) is 0 Å². The number of rotatable bonds is 0. The Kier molecular flexibility index (Phi) is 0.656. The van der Waals surface area contributed by atoms with E-state index in [1.165, 1.54) is 0 Å². The molecule has 2 rings (SSSR count). The summed E-state index contributed by atoms with van der Waals surface area (Å²) in [5.74, 6) is 0.780. The second-order valence-corrected chi connectivity index (χ2v) is 1.86. The highest BCUT2D eigenvalue weighted by atomic mass is 16.5. The van der Waals surface area contributed by atoms with E-state index in [9.17, 15) is 0 Å². The van der Waals surface area contributed by atoms with Crippen LogP contribution < -0.4 is 0 Å². The number of aromatic hydroxyl groups is 1. The number of aromatic amines is 1. The number of nitrogens with one attached hydrogen (secondary N) is 1. The third-order valence-electron chi connectivity index (χ3n) is 1.29. The SMILES string of the molecule is Oc1[nH]oc2cccc1-2. The molecule has 0 spiro atoms. The van der Waals surface area contributed by atoms with E-state index >= 15 is 0 Å². The average Bonchev–Trinajstić information content (AvgIpc) is 2.35. The van der Waals surface area contributed by atoms with Crippen molar-refractivity contribution in [2.75, 3.05) is 0 Å². The Morgan fingerprint density at radius 1 is 1.44 bits per heavy atom. The molecule has 2 N–H and O–H groups in total. The molecule has 46 valence electrons. The zero-order valence-electron chi connectivity index (χ0n) is 4.59. The third-order valence-corrected chi connectivity index (χ3v) is 1.29. The van der Waals surface area contributed by atoms with Crippen molar-refractivity contribution in [3.63, 3.8) is 0 Å². The van der Waals surface area contributed by atoms with Gasteiger partial charge in [-0.15, -0.1) is 0 Å². The van der Waals surface area contributed by atoms with Gasteiger partial charge in [-0.05, 0) is 12.1 Å². The fourth-order valence-corrected chi connectivity index (χ4v) is 0.847. The summed E-state index contributed by atoms with van der Waals surface area (Å²) in [4.78, 5) is 0. The largest absolute Gasteiger partial charge is 0.492 e. The first-order chi connectivity index (χ1) is 4.38. The van der Waals surface area contributed by atoms with Gasteiger partial charge in [-0.2, -0.15) is 5.16 Å². The van der Waals surface area contributed by atoms with E-state index < -0.39 is 0 Å². The summed E-state index contributed by atoms with van der Waals surface area (Å²) in [5, 5.41) is 11.3. The van der Waals surface area contributed by atoms with Crippen LogP contribution in [0.4, 0.5) is 0 Å². The van der Waals surface area contributed by atoms with Crippen LogP contribution in [0.15, 0.2) is 22.7 Å². The monoisotopic (exact) mass is 123 g/mol. The number of aromatic nitrogens is 1. The van der Waals surface area contributed by atoms with Crippen molar-refractivity contribution in [3.8, 4) is 17.2 Å². The minimum Gasteiger partial charge on any atom is -0.492 e. The van der Waals surface area contributed by atoms with Crippen molar-refractivity contribution in [1.29, 1.82) is 0 Å². The number of hydrogen-bond donors (Lipinski definition) is 2. The van der Waals surface area contributed by atoms with E-state index in [0.717, 1.165) is 5.56 Å². The molecule has 0 bridgehead atoms. The first-order valence-electron chi connectivity index (χ1n) is 2.63. The van der Waals surface area contributed by atoms with Crippen molar-refractivity contribution in [2.24, 2.45) is 0 Å². The second-order valence-electron chi connectivity index (χ2n) is 1.86. The second kappa shape index (κ2) is 1.31. The highest BCUT2D eigenvalue weighted by Gasteiger charge is 2.10. The van der Waals surface area contributed by atoms with E-state index in [4.69, 9.17) is 9.63 Å². The molecule has 0 aromatic carbocycles. The molecule has 0 aromatic rings. The fraction of sp³-hybridized carbons (Fsp3) is 0.